The van der Waals surface area contributed by atoms with Gasteiger partial charge >= 0.3 is 0 Å². The third-order valence-electron chi connectivity index (χ3n) is 3.01. The highest BCUT2D eigenvalue weighted by Crippen LogP contribution is 2.30. The Labute approximate surface area is 107 Å². The first-order valence-electron chi connectivity index (χ1n) is 5.63. The standard InChI is InChI=1S/C12H17NO2S2/c1-9-4-5-10(2)12(8-9)17(14,15)13-6-7-16-11(13)3/h4-5,8,11H,6-7H2,1-3H3. The van der Waals surface area contributed by atoms with E-state index in [1.54, 1.807) is 22.1 Å². The molecule has 3 nitrogen and oxygen atoms in total. The molecular formula is C12H17NO2S2. The molecular weight excluding hydrogens is 254 g/mol. The maximum atomic E-state index is 12.5. The molecule has 0 N–H and O–H groups in total. The molecule has 1 aliphatic rings. The lowest BCUT2D eigenvalue weighted by atomic mass is 10.2. The highest BCUT2D eigenvalue weighted by molar-refractivity contribution is 8.01. The zero-order valence-corrected chi connectivity index (χ0v) is 11.9. The molecule has 1 unspecified atom stereocenters. The van der Waals surface area contributed by atoms with Gasteiger partial charge in [0.15, 0.2) is 0 Å². The van der Waals surface area contributed by atoms with Crippen LogP contribution in [-0.2, 0) is 10.0 Å². The van der Waals surface area contributed by atoms with Gasteiger partial charge in [0.05, 0.1) is 10.3 Å². The molecule has 94 valence electrons. The summed E-state index contributed by atoms with van der Waals surface area (Å²) in [5.74, 6) is 0.880. The van der Waals surface area contributed by atoms with Crippen LogP contribution in [0.25, 0.3) is 0 Å². The lowest BCUT2D eigenvalue weighted by molar-refractivity contribution is 0.441. The number of hydrogen-bond donors (Lipinski definition) is 0. The van der Waals surface area contributed by atoms with Crippen LogP contribution >= 0.6 is 11.8 Å². The van der Waals surface area contributed by atoms with E-state index >= 15 is 0 Å². The van der Waals surface area contributed by atoms with Gasteiger partial charge in [0.25, 0.3) is 0 Å². The summed E-state index contributed by atoms with van der Waals surface area (Å²) in [5.41, 5.74) is 1.80. The summed E-state index contributed by atoms with van der Waals surface area (Å²) in [6.45, 7) is 6.32. The van der Waals surface area contributed by atoms with Crippen LogP contribution in [0.1, 0.15) is 18.1 Å². The largest absolute Gasteiger partial charge is 0.244 e. The Morgan fingerprint density at radius 1 is 1.35 bits per heavy atom. The van der Waals surface area contributed by atoms with Gasteiger partial charge in [0, 0.05) is 12.3 Å². The predicted molar refractivity (Wildman–Crippen MR) is 71.7 cm³/mol. The van der Waals surface area contributed by atoms with Crippen LogP contribution in [0.4, 0.5) is 0 Å². The van der Waals surface area contributed by atoms with Gasteiger partial charge in [-0.15, -0.1) is 11.8 Å². The van der Waals surface area contributed by atoms with Crippen molar-refractivity contribution in [2.24, 2.45) is 0 Å². The number of benzene rings is 1. The zero-order chi connectivity index (χ0) is 12.6. The summed E-state index contributed by atoms with van der Waals surface area (Å²) in [6.07, 6.45) is 0. The van der Waals surface area contributed by atoms with E-state index in [0.717, 1.165) is 16.9 Å². The Bertz CT molecular complexity index is 525. The maximum absolute atomic E-state index is 12.5. The van der Waals surface area contributed by atoms with E-state index in [9.17, 15) is 8.42 Å². The van der Waals surface area contributed by atoms with Crippen molar-refractivity contribution in [2.75, 3.05) is 12.3 Å². The Hall–Kier alpha value is -0.520. The van der Waals surface area contributed by atoms with Crippen molar-refractivity contribution >= 4 is 21.8 Å². The van der Waals surface area contributed by atoms with E-state index in [0.29, 0.717) is 11.4 Å². The van der Waals surface area contributed by atoms with Gasteiger partial charge in [0.2, 0.25) is 10.0 Å². The van der Waals surface area contributed by atoms with Crippen LogP contribution in [0, 0.1) is 13.8 Å². The number of thioether (sulfide) groups is 1. The van der Waals surface area contributed by atoms with E-state index in [-0.39, 0.29) is 5.37 Å². The summed E-state index contributed by atoms with van der Waals surface area (Å²) in [5, 5.41) is 0.0416. The first-order valence-corrected chi connectivity index (χ1v) is 8.12. The van der Waals surface area contributed by atoms with Crippen LogP contribution in [0.15, 0.2) is 23.1 Å². The molecule has 0 saturated carbocycles. The van der Waals surface area contributed by atoms with Crippen molar-refractivity contribution in [3.05, 3.63) is 29.3 Å². The van der Waals surface area contributed by atoms with Crippen LogP contribution in [0.2, 0.25) is 0 Å². The normalized spacial score (nSPS) is 21.9. The molecule has 1 aromatic carbocycles. The second kappa shape index (κ2) is 4.63. The smallest absolute Gasteiger partial charge is 0.207 e. The molecule has 1 aromatic rings. The summed E-state index contributed by atoms with van der Waals surface area (Å²) < 4.78 is 26.7. The highest BCUT2D eigenvalue weighted by Gasteiger charge is 2.33. The molecule has 5 heteroatoms. The van der Waals surface area contributed by atoms with Gasteiger partial charge in [-0.25, -0.2) is 8.42 Å². The van der Waals surface area contributed by atoms with Crippen LogP contribution in [-0.4, -0.2) is 30.4 Å². The summed E-state index contributed by atoms with van der Waals surface area (Å²) in [6, 6.07) is 5.58. The van der Waals surface area contributed by atoms with Crippen molar-refractivity contribution < 1.29 is 8.42 Å². The summed E-state index contributed by atoms with van der Waals surface area (Å²) >= 11 is 1.68. The van der Waals surface area contributed by atoms with Gasteiger partial charge in [-0.05, 0) is 38.0 Å². The highest BCUT2D eigenvalue weighted by atomic mass is 32.2. The van der Waals surface area contributed by atoms with Crippen LogP contribution in [0.3, 0.4) is 0 Å². The van der Waals surface area contributed by atoms with E-state index < -0.39 is 10.0 Å². The van der Waals surface area contributed by atoms with Crippen LogP contribution in [0.5, 0.6) is 0 Å². The first-order chi connectivity index (χ1) is 7.93. The van der Waals surface area contributed by atoms with E-state index in [1.165, 1.54) is 0 Å². The van der Waals surface area contributed by atoms with Gasteiger partial charge in [0.1, 0.15) is 0 Å². The molecule has 1 fully saturated rings. The third kappa shape index (κ3) is 2.37. The topological polar surface area (TPSA) is 37.4 Å². The molecule has 1 atom stereocenters. The molecule has 0 radical (unpaired) electrons. The molecule has 0 aromatic heterocycles. The third-order valence-corrected chi connectivity index (χ3v) is 6.41. The van der Waals surface area contributed by atoms with Crippen LogP contribution < -0.4 is 0 Å². The Balaban J connectivity index is 2.48. The van der Waals surface area contributed by atoms with Gasteiger partial charge in [-0.3, -0.25) is 0 Å². The summed E-state index contributed by atoms with van der Waals surface area (Å²) in [7, 11) is -3.33. The average molecular weight is 271 g/mol. The van der Waals surface area contributed by atoms with Crippen molar-refractivity contribution in [1.29, 1.82) is 0 Å². The molecule has 2 rings (SSSR count). The minimum Gasteiger partial charge on any atom is -0.207 e. The molecule has 1 aliphatic heterocycles. The molecule has 0 bridgehead atoms. The van der Waals surface area contributed by atoms with Crippen molar-refractivity contribution in [1.82, 2.24) is 4.31 Å². The minimum atomic E-state index is -3.33. The maximum Gasteiger partial charge on any atom is 0.244 e. The fraction of sp³-hybridized carbons (Fsp3) is 0.500. The monoisotopic (exact) mass is 271 g/mol. The van der Waals surface area contributed by atoms with Crippen molar-refractivity contribution in [3.8, 4) is 0 Å². The first kappa shape index (κ1) is 12.9. The van der Waals surface area contributed by atoms with Crippen molar-refractivity contribution in [2.45, 2.75) is 31.0 Å². The van der Waals surface area contributed by atoms with E-state index in [2.05, 4.69) is 0 Å². The average Bonchev–Trinajstić information content (AvgIpc) is 2.68. The number of hydrogen-bond acceptors (Lipinski definition) is 3. The second-order valence-corrected chi connectivity index (χ2v) is 7.64. The van der Waals surface area contributed by atoms with Gasteiger partial charge in [-0.2, -0.15) is 4.31 Å². The minimum absolute atomic E-state index is 0.0416. The van der Waals surface area contributed by atoms with Crippen molar-refractivity contribution in [3.63, 3.8) is 0 Å². The Morgan fingerprint density at radius 3 is 2.65 bits per heavy atom. The molecule has 0 amide bonds. The number of rotatable bonds is 2. The Morgan fingerprint density at radius 2 is 2.06 bits per heavy atom. The molecule has 0 aliphatic carbocycles. The quantitative estimate of drug-likeness (QED) is 0.829. The van der Waals surface area contributed by atoms with E-state index in [1.807, 2.05) is 32.9 Å². The van der Waals surface area contributed by atoms with Gasteiger partial charge in [-0.1, -0.05) is 12.1 Å². The fourth-order valence-corrected chi connectivity index (χ4v) is 5.34. The molecule has 1 heterocycles. The fourth-order valence-electron chi connectivity index (χ4n) is 2.01. The number of aryl methyl sites for hydroxylation is 2. The second-order valence-electron chi connectivity index (χ2n) is 4.35. The molecule has 1 saturated heterocycles. The SMILES string of the molecule is Cc1ccc(C)c(S(=O)(=O)N2CCSC2C)c1. The predicted octanol–water partition coefficient (Wildman–Crippen LogP) is 2.39. The molecule has 0 spiro atoms. The lowest BCUT2D eigenvalue weighted by Gasteiger charge is -2.21. The van der Waals surface area contributed by atoms with E-state index in [4.69, 9.17) is 0 Å². The lowest BCUT2D eigenvalue weighted by Crippen LogP contribution is -2.33. The zero-order valence-electron chi connectivity index (χ0n) is 10.3. The van der Waals surface area contributed by atoms with Gasteiger partial charge < -0.3 is 0 Å². The molecule has 17 heavy (non-hydrogen) atoms. The Kier molecular flexibility index (Phi) is 3.52. The number of nitrogens with zero attached hydrogens (tertiary/aromatic N) is 1. The number of sulfonamides is 1. The summed E-state index contributed by atoms with van der Waals surface area (Å²) in [4.78, 5) is 0.451.